The second-order valence-electron chi connectivity index (χ2n) is 17.6. The molecule has 11 heteroatoms. The third-order valence-electron chi connectivity index (χ3n) is 11.8. The highest BCUT2D eigenvalue weighted by atomic mass is 16.2. The van der Waals surface area contributed by atoms with Gasteiger partial charge in [0.05, 0.1) is 0 Å². The van der Waals surface area contributed by atoms with Gasteiger partial charge in [0, 0.05) is 108 Å². The summed E-state index contributed by atoms with van der Waals surface area (Å²) in [6.45, 7) is 19.6. The first-order valence-electron chi connectivity index (χ1n) is 20.6. The Morgan fingerprint density at radius 1 is 0.754 bits per heavy atom. The number of pyridine rings is 1. The maximum atomic E-state index is 13.2. The molecular formula is C46H61N5O6. The predicted molar refractivity (Wildman–Crippen MR) is 222 cm³/mol. The van der Waals surface area contributed by atoms with E-state index in [2.05, 4.69) is 59.2 Å². The van der Waals surface area contributed by atoms with Crippen molar-refractivity contribution in [1.82, 2.24) is 15.6 Å². The van der Waals surface area contributed by atoms with Crippen molar-refractivity contribution in [1.29, 1.82) is 0 Å². The molecule has 2 fully saturated rings. The van der Waals surface area contributed by atoms with Gasteiger partial charge in [-0.25, -0.2) is 4.98 Å². The Kier molecular flexibility index (Phi) is 13.4. The van der Waals surface area contributed by atoms with Crippen LogP contribution in [0.25, 0.3) is 0 Å². The number of rotatable bonds is 12. The maximum absolute atomic E-state index is 13.2. The third-order valence-corrected chi connectivity index (χ3v) is 11.8. The van der Waals surface area contributed by atoms with E-state index in [1.54, 1.807) is 38.3 Å². The molecule has 2 aromatic rings. The smallest absolute Gasteiger partial charge is 0.224 e. The Balaban J connectivity index is 0.000000218. The molecule has 0 spiro atoms. The van der Waals surface area contributed by atoms with E-state index in [0.29, 0.717) is 18.4 Å². The van der Waals surface area contributed by atoms with Crippen molar-refractivity contribution in [3.63, 3.8) is 0 Å². The Morgan fingerprint density at radius 2 is 1.25 bits per heavy atom. The number of nitrogens with one attached hydrogen (secondary N) is 2. The summed E-state index contributed by atoms with van der Waals surface area (Å²) in [5, 5.41) is 5.81. The monoisotopic (exact) mass is 779 g/mol. The van der Waals surface area contributed by atoms with Crippen LogP contribution in [0, 0.1) is 29.6 Å². The largest absolute Gasteiger partial charge is 0.344 e. The number of hydrogen-bond donors (Lipinski definition) is 2. The fourth-order valence-electron chi connectivity index (χ4n) is 8.26. The van der Waals surface area contributed by atoms with Gasteiger partial charge in [-0.15, -0.1) is 0 Å². The summed E-state index contributed by atoms with van der Waals surface area (Å²) < 4.78 is 0. The lowest BCUT2D eigenvalue weighted by molar-refractivity contribution is -0.131. The van der Waals surface area contributed by atoms with Crippen molar-refractivity contribution in [2.45, 2.75) is 126 Å². The molecule has 4 aliphatic rings. The Hall–Kier alpha value is -4.93. The number of carbonyl (C=O) groups is 6. The predicted octanol–water partition coefficient (Wildman–Crippen LogP) is 7.59. The molecule has 0 saturated carbocycles. The Labute approximate surface area is 338 Å². The molecule has 6 rings (SSSR count). The number of Topliss-reactive ketones (excluding diaryl/α,β-unsaturated/α-hetero) is 2. The highest BCUT2D eigenvalue weighted by Gasteiger charge is 2.43. The van der Waals surface area contributed by atoms with Gasteiger partial charge in [-0.05, 0) is 50.3 Å². The summed E-state index contributed by atoms with van der Waals surface area (Å²) in [5.41, 5.74) is 5.39. The number of nitrogens with zero attached hydrogens (tertiary/aromatic N) is 3. The number of allylic oxidation sites excluding steroid dienone is 2. The summed E-state index contributed by atoms with van der Waals surface area (Å²) in [7, 11) is 0. The second-order valence-corrected chi connectivity index (χ2v) is 17.6. The standard InChI is InChI=1S/C24H32N2O3.C22H29N3O3/c1-6-7-17(27)13-16(3)23(29)25-22-18-9-8-15(2)12-19(18)26-11-10-24(4,5)21(26)14-20(22)28;1-5-7-15(26)12-14(2)21(28)24-19-16-8-6-10-23-20(16)25-11-9-22(3,4)18(25)13-17(19)27/h8-9,12,14,16,22H,6-7,10-11,13H2,1-5H3,(H,25,29);6,8,10,13-14,19H,5,7,9,11-12H2,1-4H3,(H,24,28)/t16-,22?;14-,19?/m11/s1. The molecule has 4 atom stereocenters. The number of aryl methyl sites for hydroxylation is 1. The fraction of sp³-hybridized carbons (Fsp3) is 0.543. The lowest BCUT2D eigenvalue weighted by Gasteiger charge is -2.27. The van der Waals surface area contributed by atoms with Gasteiger partial charge in [-0.3, -0.25) is 28.8 Å². The summed E-state index contributed by atoms with van der Waals surface area (Å²) >= 11 is 0. The van der Waals surface area contributed by atoms with Gasteiger partial charge in [0.2, 0.25) is 11.8 Å². The number of anilines is 2. The minimum absolute atomic E-state index is 0.0731. The zero-order chi connectivity index (χ0) is 41.8. The molecule has 306 valence electrons. The van der Waals surface area contributed by atoms with Crippen LogP contribution in [0.1, 0.15) is 136 Å². The topological polar surface area (TPSA) is 146 Å². The summed E-state index contributed by atoms with van der Waals surface area (Å²) in [6.07, 6.45) is 9.91. The van der Waals surface area contributed by atoms with Crippen LogP contribution in [0.15, 0.2) is 60.1 Å². The number of fused-ring (bicyclic) bond motifs is 6. The van der Waals surface area contributed by atoms with Crippen LogP contribution >= 0.6 is 0 Å². The number of hydrogen-bond acceptors (Lipinski definition) is 9. The molecule has 57 heavy (non-hydrogen) atoms. The lowest BCUT2D eigenvalue weighted by Crippen LogP contribution is -2.37. The van der Waals surface area contributed by atoms with Crippen LogP contribution in [0.3, 0.4) is 0 Å². The van der Waals surface area contributed by atoms with E-state index >= 15 is 0 Å². The van der Waals surface area contributed by atoms with Crippen LogP contribution in [0.2, 0.25) is 0 Å². The number of benzene rings is 1. The highest BCUT2D eigenvalue weighted by Crippen LogP contribution is 2.47. The van der Waals surface area contributed by atoms with Gasteiger partial charge in [0.25, 0.3) is 0 Å². The van der Waals surface area contributed by atoms with Crippen molar-refractivity contribution >= 4 is 46.5 Å². The number of aromatic nitrogens is 1. The van der Waals surface area contributed by atoms with E-state index in [1.165, 1.54) is 0 Å². The second kappa shape index (κ2) is 17.7. The molecule has 2 unspecified atom stereocenters. The van der Waals surface area contributed by atoms with Gasteiger partial charge in [-0.1, -0.05) is 73.6 Å². The molecule has 5 heterocycles. The van der Waals surface area contributed by atoms with Crippen molar-refractivity contribution in [3.05, 3.63) is 76.8 Å². The minimum Gasteiger partial charge on any atom is -0.344 e. The van der Waals surface area contributed by atoms with Gasteiger partial charge in [0.1, 0.15) is 29.5 Å². The average Bonchev–Trinajstić information content (AvgIpc) is 3.52. The van der Waals surface area contributed by atoms with Crippen molar-refractivity contribution < 1.29 is 28.8 Å². The normalized spacial score (nSPS) is 21.1. The molecule has 0 aliphatic carbocycles. The van der Waals surface area contributed by atoms with Gasteiger partial charge in [0.15, 0.2) is 11.6 Å². The summed E-state index contributed by atoms with van der Waals surface area (Å²) in [5.74, 6) is -0.833. The molecular weight excluding hydrogens is 719 g/mol. The Morgan fingerprint density at radius 3 is 1.77 bits per heavy atom. The molecule has 0 radical (unpaired) electrons. The van der Waals surface area contributed by atoms with E-state index in [4.69, 9.17) is 0 Å². The first kappa shape index (κ1) is 43.2. The molecule has 4 aliphatic heterocycles. The van der Waals surface area contributed by atoms with Crippen LogP contribution in [-0.2, 0) is 28.8 Å². The summed E-state index contributed by atoms with van der Waals surface area (Å²) in [6, 6.07) is 8.14. The van der Waals surface area contributed by atoms with E-state index < -0.39 is 23.9 Å². The maximum Gasteiger partial charge on any atom is 0.224 e. The zero-order valence-corrected chi connectivity index (χ0v) is 35.3. The quantitative estimate of drug-likeness (QED) is 0.223. The Bertz CT molecular complexity index is 1980. The molecule has 0 bridgehead atoms. The van der Waals surface area contributed by atoms with Crippen LogP contribution in [0.5, 0.6) is 0 Å². The molecule has 1 aromatic heterocycles. The van der Waals surface area contributed by atoms with Crippen LogP contribution in [-0.4, -0.2) is 53.0 Å². The van der Waals surface area contributed by atoms with Crippen LogP contribution < -0.4 is 20.4 Å². The number of carbonyl (C=O) groups excluding carboxylic acids is 6. The van der Waals surface area contributed by atoms with E-state index in [-0.39, 0.29) is 58.6 Å². The average molecular weight is 780 g/mol. The fourth-order valence-corrected chi connectivity index (χ4v) is 8.26. The van der Waals surface area contributed by atoms with Crippen molar-refractivity contribution in [2.24, 2.45) is 22.7 Å². The first-order chi connectivity index (χ1) is 26.9. The minimum atomic E-state index is -0.783. The van der Waals surface area contributed by atoms with Gasteiger partial charge in [-0.2, -0.15) is 0 Å². The van der Waals surface area contributed by atoms with Crippen molar-refractivity contribution in [2.75, 3.05) is 22.9 Å². The zero-order valence-electron chi connectivity index (χ0n) is 35.3. The highest BCUT2D eigenvalue weighted by molar-refractivity contribution is 6.02. The molecule has 2 amide bonds. The van der Waals surface area contributed by atoms with E-state index in [0.717, 1.165) is 72.8 Å². The molecule has 2 N–H and O–H groups in total. The lowest BCUT2D eigenvalue weighted by atomic mass is 9.88. The third kappa shape index (κ3) is 9.62. The van der Waals surface area contributed by atoms with Gasteiger partial charge >= 0.3 is 0 Å². The molecule has 11 nitrogen and oxygen atoms in total. The van der Waals surface area contributed by atoms with Crippen LogP contribution in [0.4, 0.5) is 11.5 Å². The van der Waals surface area contributed by atoms with Gasteiger partial charge < -0.3 is 20.4 Å². The SMILES string of the molecule is CCCC(=O)C[C@@H](C)C(=O)NC1C(=O)C=C2N(CCC2(C)C)c2cc(C)ccc21.CCCC(=O)C[C@@H](C)C(=O)NC1C(=O)C=C2N(CCC2(C)C)c2ncccc21. The number of amides is 2. The van der Waals surface area contributed by atoms with Crippen molar-refractivity contribution in [3.8, 4) is 0 Å². The number of ketones is 4. The van der Waals surface area contributed by atoms with E-state index in [9.17, 15) is 28.8 Å². The van der Waals surface area contributed by atoms with E-state index in [1.807, 2.05) is 39.0 Å². The molecule has 1 aromatic carbocycles. The summed E-state index contributed by atoms with van der Waals surface area (Å²) in [4.78, 5) is 84.5. The molecule has 2 saturated heterocycles. The first-order valence-corrected chi connectivity index (χ1v) is 20.6.